The molecule has 9 atom stereocenters. The SMILES string of the molecule is N[C@@H]1CC[C@@H](N)[C@H](O[C@@H]2O[C@H](CO)[C@H](O)[C@H](O)[C@H]2O)[C@H]1O. The van der Waals surface area contributed by atoms with E-state index in [1.54, 1.807) is 0 Å². The number of nitrogens with two attached hydrogens (primary N) is 2. The largest absolute Gasteiger partial charge is 0.394 e. The third-order valence-corrected chi connectivity index (χ3v) is 4.17. The molecule has 124 valence electrons. The number of aliphatic hydroxyl groups is 5. The van der Waals surface area contributed by atoms with Gasteiger partial charge in [-0.25, -0.2) is 0 Å². The molecule has 0 aromatic heterocycles. The van der Waals surface area contributed by atoms with E-state index in [9.17, 15) is 20.4 Å². The van der Waals surface area contributed by atoms with Crippen molar-refractivity contribution in [2.75, 3.05) is 6.61 Å². The monoisotopic (exact) mass is 308 g/mol. The van der Waals surface area contributed by atoms with E-state index >= 15 is 0 Å². The van der Waals surface area contributed by atoms with Crippen molar-refractivity contribution >= 4 is 0 Å². The Morgan fingerprint density at radius 1 is 0.905 bits per heavy atom. The standard InChI is InChI=1S/C12H24N2O7/c13-4-1-2-5(14)11(7(4)16)21-12-10(19)9(18)8(17)6(3-15)20-12/h4-12,15-19H,1-3,13-14H2/t4-,5-,6-,7+,8+,9+,10-,11+,12+/m1/s1. The van der Waals surface area contributed by atoms with Crippen LogP contribution in [0.5, 0.6) is 0 Å². The number of hydrogen-bond donors (Lipinski definition) is 7. The van der Waals surface area contributed by atoms with Gasteiger partial charge in [-0.1, -0.05) is 0 Å². The molecule has 1 saturated heterocycles. The van der Waals surface area contributed by atoms with Gasteiger partial charge in [-0.15, -0.1) is 0 Å². The lowest BCUT2D eigenvalue weighted by Crippen LogP contribution is -2.63. The Morgan fingerprint density at radius 2 is 1.52 bits per heavy atom. The van der Waals surface area contributed by atoms with Crippen molar-refractivity contribution in [3.8, 4) is 0 Å². The second-order valence-electron chi connectivity index (χ2n) is 5.69. The van der Waals surface area contributed by atoms with Crippen LogP contribution in [0.2, 0.25) is 0 Å². The van der Waals surface area contributed by atoms with Crippen LogP contribution in [0.4, 0.5) is 0 Å². The summed E-state index contributed by atoms with van der Waals surface area (Å²) in [6.45, 7) is -0.552. The number of aliphatic hydroxyl groups excluding tert-OH is 5. The molecule has 2 aliphatic rings. The van der Waals surface area contributed by atoms with E-state index in [2.05, 4.69) is 0 Å². The molecule has 1 saturated carbocycles. The topological polar surface area (TPSA) is 172 Å². The van der Waals surface area contributed by atoms with Crippen LogP contribution in [0.3, 0.4) is 0 Å². The lowest BCUT2D eigenvalue weighted by molar-refractivity contribution is -0.320. The van der Waals surface area contributed by atoms with Gasteiger partial charge in [0.1, 0.15) is 30.5 Å². The fourth-order valence-corrected chi connectivity index (χ4v) is 2.73. The zero-order chi connectivity index (χ0) is 15.7. The second kappa shape index (κ2) is 6.82. The fraction of sp³-hybridized carbons (Fsp3) is 1.00. The van der Waals surface area contributed by atoms with Crippen LogP contribution in [0, 0.1) is 0 Å². The highest BCUT2D eigenvalue weighted by Crippen LogP contribution is 2.27. The van der Waals surface area contributed by atoms with Crippen molar-refractivity contribution < 1.29 is 35.0 Å². The molecule has 0 radical (unpaired) electrons. The van der Waals surface area contributed by atoms with Crippen LogP contribution < -0.4 is 11.5 Å². The molecule has 0 amide bonds. The average Bonchev–Trinajstić information content (AvgIpc) is 2.47. The molecule has 0 unspecified atom stereocenters. The van der Waals surface area contributed by atoms with Crippen LogP contribution in [0.25, 0.3) is 0 Å². The van der Waals surface area contributed by atoms with Crippen molar-refractivity contribution in [3.05, 3.63) is 0 Å². The number of hydrogen-bond acceptors (Lipinski definition) is 9. The maximum atomic E-state index is 10.0. The molecular weight excluding hydrogens is 284 g/mol. The third-order valence-electron chi connectivity index (χ3n) is 4.17. The van der Waals surface area contributed by atoms with Gasteiger partial charge in [0.2, 0.25) is 0 Å². The Kier molecular flexibility index (Phi) is 5.52. The van der Waals surface area contributed by atoms with Gasteiger partial charge in [0.25, 0.3) is 0 Å². The van der Waals surface area contributed by atoms with Crippen LogP contribution in [-0.2, 0) is 9.47 Å². The molecule has 9 N–H and O–H groups in total. The average molecular weight is 308 g/mol. The Labute approximate surface area is 122 Å². The maximum absolute atomic E-state index is 10.0. The van der Waals surface area contributed by atoms with E-state index in [-0.39, 0.29) is 0 Å². The van der Waals surface area contributed by atoms with Gasteiger partial charge >= 0.3 is 0 Å². The first-order valence-electron chi connectivity index (χ1n) is 7.02. The van der Waals surface area contributed by atoms with Crippen molar-refractivity contribution in [2.24, 2.45) is 11.5 Å². The molecule has 2 rings (SSSR count). The van der Waals surface area contributed by atoms with E-state index in [4.69, 9.17) is 26.0 Å². The molecule has 0 aromatic rings. The van der Waals surface area contributed by atoms with Gasteiger partial charge in [0, 0.05) is 12.1 Å². The molecule has 0 bridgehead atoms. The molecule has 9 nitrogen and oxygen atoms in total. The summed E-state index contributed by atoms with van der Waals surface area (Å²) in [6, 6.07) is -0.994. The first-order chi connectivity index (χ1) is 9.86. The van der Waals surface area contributed by atoms with Crippen LogP contribution in [0.1, 0.15) is 12.8 Å². The smallest absolute Gasteiger partial charge is 0.187 e. The normalized spacial score (nSPS) is 51.9. The summed E-state index contributed by atoms with van der Waals surface area (Å²) in [7, 11) is 0. The summed E-state index contributed by atoms with van der Waals surface area (Å²) in [4.78, 5) is 0. The van der Waals surface area contributed by atoms with E-state index in [1.165, 1.54) is 0 Å². The number of ether oxygens (including phenoxy) is 2. The Hall–Kier alpha value is -0.360. The summed E-state index contributed by atoms with van der Waals surface area (Å²) in [5.41, 5.74) is 11.6. The lowest BCUT2D eigenvalue weighted by atomic mass is 9.87. The molecule has 0 spiro atoms. The highest BCUT2D eigenvalue weighted by atomic mass is 16.7. The predicted molar refractivity (Wildman–Crippen MR) is 69.8 cm³/mol. The summed E-state index contributed by atoms with van der Waals surface area (Å²) in [5, 5.41) is 48.4. The van der Waals surface area contributed by atoms with Gasteiger partial charge in [0.05, 0.1) is 12.7 Å². The minimum atomic E-state index is -1.54. The van der Waals surface area contributed by atoms with E-state index in [1.807, 2.05) is 0 Å². The first kappa shape index (κ1) is 17.0. The Morgan fingerprint density at radius 3 is 2.14 bits per heavy atom. The minimum Gasteiger partial charge on any atom is -0.394 e. The summed E-state index contributed by atoms with van der Waals surface area (Å²) < 4.78 is 10.7. The van der Waals surface area contributed by atoms with Crippen molar-refractivity contribution in [1.29, 1.82) is 0 Å². The van der Waals surface area contributed by atoms with Crippen LogP contribution in [0.15, 0.2) is 0 Å². The number of rotatable bonds is 3. The van der Waals surface area contributed by atoms with Gasteiger partial charge in [-0.2, -0.15) is 0 Å². The zero-order valence-electron chi connectivity index (χ0n) is 11.5. The highest BCUT2D eigenvalue weighted by molar-refractivity contribution is 4.95. The third kappa shape index (κ3) is 3.36. The molecule has 1 aliphatic heterocycles. The fourth-order valence-electron chi connectivity index (χ4n) is 2.73. The first-order valence-corrected chi connectivity index (χ1v) is 7.02. The van der Waals surface area contributed by atoms with E-state index < -0.39 is 61.6 Å². The van der Waals surface area contributed by atoms with Crippen LogP contribution in [-0.4, -0.2) is 87.1 Å². The molecule has 21 heavy (non-hydrogen) atoms. The second-order valence-corrected chi connectivity index (χ2v) is 5.69. The molecule has 9 heteroatoms. The van der Waals surface area contributed by atoms with Gasteiger partial charge in [0.15, 0.2) is 6.29 Å². The maximum Gasteiger partial charge on any atom is 0.187 e. The van der Waals surface area contributed by atoms with Gasteiger partial charge in [-0.05, 0) is 12.8 Å². The van der Waals surface area contributed by atoms with E-state index in [0.717, 1.165) is 0 Å². The molecule has 1 aliphatic carbocycles. The lowest BCUT2D eigenvalue weighted by Gasteiger charge is -2.44. The predicted octanol–water partition coefficient (Wildman–Crippen LogP) is -4.02. The Balaban J connectivity index is 2.06. The molecular formula is C12H24N2O7. The highest BCUT2D eigenvalue weighted by Gasteiger charge is 2.47. The summed E-state index contributed by atoms with van der Waals surface area (Å²) in [6.07, 6.45) is -7.71. The van der Waals surface area contributed by atoms with Crippen molar-refractivity contribution in [3.63, 3.8) is 0 Å². The Bertz CT molecular complexity index is 346. The van der Waals surface area contributed by atoms with E-state index in [0.29, 0.717) is 12.8 Å². The molecule has 1 heterocycles. The minimum absolute atomic E-state index is 0.493. The van der Waals surface area contributed by atoms with Crippen LogP contribution >= 0.6 is 0 Å². The summed E-state index contributed by atoms with van der Waals surface area (Å²) in [5.74, 6) is 0. The van der Waals surface area contributed by atoms with Crippen molar-refractivity contribution in [1.82, 2.24) is 0 Å². The van der Waals surface area contributed by atoms with Gasteiger partial charge in [-0.3, -0.25) is 0 Å². The van der Waals surface area contributed by atoms with Crippen molar-refractivity contribution in [2.45, 2.75) is 67.8 Å². The van der Waals surface area contributed by atoms with Gasteiger partial charge < -0.3 is 46.5 Å². The molecule has 2 fully saturated rings. The summed E-state index contributed by atoms with van der Waals surface area (Å²) >= 11 is 0. The molecule has 0 aromatic carbocycles. The zero-order valence-corrected chi connectivity index (χ0v) is 11.5. The quantitative estimate of drug-likeness (QED) is 0.274.